The minimum Gasteiger partial charge on any atom is -0.492 e. The second kappa shape index (κ2) is 19.7. The minimum atomic E-state index is -1.26. The van der Waals surface area contributed by atoms with Gasteiger partial charge in [0.1, 0.15) is 23.3 Å². The van der Waals surface area contributed by atoms with Crippen LogP contribution in [0.1, 0.15) is 38.4 Å². The number of rotatable bonds is 11. The normalized spacial score (nSPS) is 9.78. The molecule has 49 heavy (non-hydrogen) atoms. The fraction of sp³-hybridized carbons (Fsp3) is 0.171. The van der Waals surface area contributed by atoms with E-state index in [4.69, 9.17) is 39.7 Å². The Morgan fingerprint density at radius 3 is 1.65 bits per heavy atom. The number of nitrogens with zero attached hydrogens (tertiary/aromatic N) is 4. The van der Waals surface area contributed by atoms with Crippen molar-refractivity contribution in [2.75, 3.05) is 21.3 Å². The Hall–Kier alpha value is -6.77. The molecule has 2 aromatic carbocycles. The van der Waals surface area contributed by atoms with Gasteiger partial charge in [-0.15, -0.1) is 0 Å². The van der Waals surface area contributed by atoms with Crippen molar-refractivity contribution >= 4 is 18.2 Å². The molecule has 4 rings (SSSR count). The first-order valence-corrected chi connectivity index (χ1v) is 14.2. The van der Waals surface area contributed by atoms with Crippen molar-refractivity contribution in [1.29, 1.82) is 10.5 Å². The fourth-order valence-corrected chi connectivity index (χ4v) is 3.87. The summed E-state index contributed by atoms with van der Waals surface area (Å²) in [6, 6.07) is 21.5. The monoisotopic (exact) mass is 667 g/mol. The lowest BCUT2D eigenvalue weighted by Crippen LogP contribution is -2.07. The maximum Gasteiger partial charge on any atom is 0.328 e. The number of benzene rings is 2. The maximum atomic E-state index is 11.0. The summed E-state index contributed by atoms with van der Waals surface area (Å²) in [7, 11) is 4.91. The van der Waals surface area contributed by atoms with Gasteiger partial charge in [-0.1, -0.05) is 18.2 Å². The van der Waals surface area contributed by atoms with Crippen LogP contribution in [0.25, 0.3) is 0 Å². The molecule has 0 atom stereocenters. The lowest BCUT2D eigenvalue weighted by atomic mass is 10.2. The molecule has 14 nitrogen and oxygen atoms in total. The van der Waals surface area contributed by atoms with Gasteiger partial charge in [-0.25, -0.2) is 19.6 Å². The number of hydrogen-bond donors (Lipinski definition) is 3. The van der Waals surface area contributed by atoms with Crippen LogP contribution in [0.15, 0.2) is 72.8 Å². The van der Waals surface area contributed by atoms with Crippen LogP contribution in [-0.2, 0) is 16.1 Å². The van der Waals surface area contributed by atoms with Crippen molar-refractivity contribution in [2.24, 2.45) is 0 Å². The molecule has 2 aromatic heterocycles. The van der Waals surface area contributed by atoms with Crippen molar-refractivity contribution in [3.05, 3.63) is 106 Å². The molecule has 0 aliphatic heterocycles. The van der Waals surface area contributed by atoms with Gasteiger partial charge in [0.25, 0.3) is 0 Å². The van der Waals surface area contributed by atoms with E-state index >= 15 is 0 Å². The van der Waals surface area contributed by atoms with Gasteiger partial charge in [-0.2, -0.15) is 10.5 Å². The highest BCUT2D eigenvalue weighted by Crippen LogP contribution is 2.36. The van der Waals surface area contributed by atoms with Gasteiger partial charge < -0.3 is 34.5 Å². The number of aldehydes is 1. The van der Waals surface area contributed by atoms with Gasteiger partial charge in [0, 0.05) is 35.6 Å². The number of nitrogens with one attached hydrogen (secondary N) is 1. The average molecular weight is 668 g/mol. The zero-order valence-corrected chi connectivity index (χ0v) is 27.3. The van der Waals surface area contributed by atoms with Crippen molar-refractivity contribution in [2.45, 2.75) is 20.4 Å². The summed E-state index contributed by atoms with van der Waals surface area (Å²) < 4.78 is 22.0. The number of carbonyl (C=O) groups excluding carboxylic acids is 1. The number of carboxylic acids is 2. The molecule has 14 heteroatoms. The van der Waals surface area contributed by atoms with E-state index in [0.29, 0.717) is 64.7 Å². The Balaban J connectivity index is 0.000000280. The first-order chi connectivity index (χ1) is 23.5. The molecule has 0 spiro atoms. The molecule has 0 saturated heterocycles. The number of para-hydroxylation sites is 2. The van der Waals surface area contributed by atoms with Crippen LogP contribution >= 0.6 is 0 Å². The van der Waals surface area contributed by atoms with Gasteiger partial charge in [-0.05, 0) is 63.4 Å². The highest BCUT2D eigenvalue weighted by molar-refractivity contribution is 5.89. The second-order valence-electron chi connectivity index (χ2n) is 9.52. The number of methoxy groups -OCH3 is 2. The molecule has 0 amide bonds. The first kappa shape index (κ1) is 38.4. The zero-order chi connectivity index (χ0) is 36.3. The summed E-state index contributed by atoms with van der Waals surface area (Å²) in [6.45, 7) is 4.31. The number of carboxylic acid groups (broad SMARTS) is 2. The van der Waals surface area contributed by atoms with Crippen molar-refractivity contribution < 1.29 is 43.5 Å². The predicted molar refractivity (Wildman–Crippen MR) is 176 cm³/mol. The first-order valence-electron chi connectivity index (χ1n) is 14.2. The third kappa shape index (κ3) is 11.8. The number of pyridine rings is 2. The van der Waals surface area contributed by atoms with Gasteiger partial charge in [0.15, 0.2) is 29.3 Å². The van der Waals surface area contributed by atoms with Gasteiger partial charge >= 0.3 is 11.9 Å². The fourth-order valence-electron chi connectivity index (χ4n) is 3.87. The van der Waals surface area contributed by atoms with E-state index in [2.05, 4.69) is 21.4 Å². The highest BCUT2D eigenvalue weighted by atomic mass is 16.5. The summed E-state index contributed by atoms with van der Waals surface area (Å²) in [6.07, 6.45) is 1.80. The molecular formula is C35H33N5O9. The molecule has 0 aliphatic rings. The highest BCUT2D eigenvalue weighted by Gasteiger charge is 2.15. The largest absolute Gasteiger partial charge is 0.492 e. The van der Waals surface area contributed by atoms with Crippen LogP contribution in [0.3, 0.4) is 0 Å². The molecule has 0 fully saturated rings. The number of ether oxygens (including phenoxy) is 4. The Bertz CT molecular complexity index is 1880. The van der Waals surface area contributed by atoms with Gasteiger partial charge in [0.05, 0.1) is 19.8 Å². The summed E-state index contributed by atoms with van der Waals surface area (Å²) in [5.41, 5.74) is 3.56. The topological polar surface area (TPSA) is 214 Å². The van der Waals surface area contributed by atoms with Gasteiger partial charge in [-0.3, -0.25) is 4.79 Å². The lowest BCUT2D eigenvalue weighted by Gasteiger charge is -2.14. The molecular weight excluding hydrogens is 634 g/mol. The van der Waals surface area contributed by atoms with Gasteiger partial charge in [0.2, 0.25) is 11.8 Å². The van der Waals surface area contributed by atoms with E-state index < -0.39 is 11.9 Å². The number of nitriles is 2. The molecule has 4 aromatic rings. The summed E-state index contributed by atoms with van der Waals surface area (Å²) in [5, 5.41) is 36.9. The quantitative estimate of drug-likeness (QED) is 0.135. The number of aromatic nitrogens is 2. The van der Waals surface area contributed by atoms with E-state index in [1.165, 1.54) is 7.11 Å². The Labute approximate surface area is 282 Å². The van der Waals surface area contributed by atoms with Crippen LogP contribution in [0.2, 0.25) is 0 Å². The van der Waals surface area contributed by atoms with Crippen LogP contribution in [0.4, 0.5) is 0 Å². The smallest absolute Gasteiger partial charge is 0.328 e. The number of aryl methyl sites for hydroxylation is 2. The van der Waals surface area contributed by atoms with E-state index in [1.54, 1.807) is 62.6 Å². The Kier molecular flexibility index (Phi) is 15.4. The Morgan fingerprint density at radius 1 is 0.776 bits per heavy atom. The van der Waals surface area contributed by atoms with Crippen LogP contribution in [0, 0.1) is 36.5 Å². The zero-order valence-electron chi connectivity index (χ0n) is 27.3. The molecule has 0 aliphatic carbocycles. The minimum absolute atomic E-state index is 0.189. The maximum absolute atomic E-state index is 11.0. The standard InChI is InChI=1S/C16H17N3O2.C15H12N2O3.C4H4O4/c1-11-7-8-12(9-17)16(19-11)21-14-6-4-5-13(10-18-2)15(14)20-3;1-10-6-7-11(8-16)15(17-10)20-13-5-3-4-12(9-18)14(13)19-2;5-3(6)1-2-4(7)8/h4-8,18H,10H2,1-3H3;3-7,9H,1-2H3;1-2H,(H,5,6)(H,7,8)/b;;2-1+. The predicted octanol–water partition coefficient (Wildman–Crippen LogP) is 5.37. The molecule has 0 radical (unpaired) electrons. The summed E-state index contributed by atoms with van der Waals surface area (Å²) in [4.78, 5) is 38.5. The van der Waals surface area contributed by atoms with E-state index in [1.807, 2.05) is 32.2 Å². The molecule has 252 valence electrons. The number of carbonyl (C=O) groups is 3. The number of hydrogen-bond acceptors (Lipinski definition) is 12. The summed E-state index contributed by atoms with van der Waals surface area (Å²) >= 11 is 0. The van der Waals surface area contributed by atoms with Crippen molar-refractivity contribution in [1.82, 2.24) is 15.3 Å². The molecule has 0 bridgehead atoms. The molecule has 0 saturated carbocycles. The molecule has 0 unspecified atom stereocenters. The van der Waals surface area contributed by atoms with E-state index in [9.17, 15) is 14.4 Å². The number of aliphatic carboxylic acids is 2. The van der Waals surface area contributed by atoms with Crippen LogP contribution < -0.4 is 24.3 Å². The third-order valence-corrected chi connectivity index (χ3v) is 5.99. The third-order valence-electron chi connectivity index (χ3n) is 5.99. The SMILES string of the molecule is CNCc1cccc(Oc2nc(C)ccc2C#N)c1OC.COc1c(C=O)cccc1Oc1nc(C)ccc1C#N.O=C(O)/C=C/C(=O)O. The van der Waals surface area contributed by atoms with Crippen molar-refractivity contribution in [3.8, 4) is 46.9 Å². The lowest BCUT2D eigenvalue weighted by molar-refractivity contribution is -0.134. The molecule has 2 heterocycles. The van der Waals surface area contributed by atoms with E-state index in [0.717, 1.165) is 17.0 Å². The average Bonchev–Trinajstić information content (AvgIpc) is 3.08. The second-order valence-corrected chi connectivity index (χ2v) is 9.52. The summed E-state index contributed by atoms with van der Waals surface area (Å²) in [5.74, 6) is -0.202. The van der Waals surface area contributed by atoms with Crippen molar-refractivity contribution in [3.63, 3.8) is 0 Å². The Morgan fingerprint density at radius 2 is 1.24 bits per heavy atom. The molecule has 3 N–H and O–H groups in total. The van der Waals surface area contributed by atoms with Crippen LogP contribution in [0.5, 0.6) is 34.8 Å². The van der Waals surface area contributed by atoms with Crippen LogP contribution in [-0.4, -0.2) is 59.7 Å². The van der Waals surface area contributed by atoms with E-state index in [-0.39, 0.29) is 11.8 Å².